The largest absolute Gasteiger partial charge is 0.416 e. The van der Waals surface area contributed by atoms with Gasteiger partial charge in [-0.1, -0.05) is 12.1 Å². The molecule has 1 aromatic rings. The zero-order valence-electron chi connectivity index (χ0n) is 9.80. The van der Waals surface area contributed by atoms with E-state index < -0.39 is 11.7 Å². The van der Waals surface area contributed by atoms with E-state index in [1.54, 1.807) is 6.07 Å². The van der Waals surface area contributed by atoms with Gasteiger partial charge in [-0.2, -0.15) is 13.2 Å². The van der Waals surface area contributed by atoms with Crippen LogP contribution in [-0.4, -0.2) is 0 Å². The molecule has 0 aliphatic heterocycles. The highest BCUT2D eigenvalue weighted by Crippen LogP contribution is 2.31. The second kappa shape index (κ2) is 6.43. The summed E-state index contributed by atoms with van der Waals surface area (Å²) < 4.78 is 37.7. The molecule has 0 aromatic heterocycles. The number of hydrogen-bond acceptors (Lipinski definition) is 2. The van der Waals surface area contributed by atoms with Gasteiger partial charge in [-0.25, -0.2) is 0 Å². The summed E-state index contributed by atoms with van der Waals surface area (Å²) in [5, 5.41) is 0. The molecule has 0 saturated carbocycles. The molecule has 0 bridgehead atoms. The smallest absolute Gasteiger partial charge is 0.271 e. The minimum absolute atomic E-state index is 0.319. The fourth-order valence-corrected chi connectivity index (χ4v) is 1.69. The van der Waals surface area contributed by atoms with Crippen LogP contribution in [0.25, 0.3) is 0 Å². The standard InChI is InChI=1S/C13H15F3N2/c1-2-3-4-8-12(18-17)10-6-5-7-11(9-10)13(14,15)16/h1,5-7,9,12,18H,3-4,8,17H2. The Hall–Kier alpha value is -1.51. The van der Waals surface area contributed by atoms with Gasteiger partial charge >= 0.3 is 6.18 Å². The summed E-state index contributed by atoms with van der Waals surface area (Å²) in [5.74, 6) is 7.85. The molecule has 1 aromatic carbocycles. The average Bonchev–Trinajstić information content (AvgIpc) is 2.34. The number of hydrogen-bond donors (Lipinski definition) is 2. The molecule has 18 heavy (non-hydrogen) atoms. The highest BCUT2D eigenvalue weighted by Gasteiger charge is 2.30. The SMILES string of the molecule is C#CCCCC(NN)c1cccc(C(F)(F)F)c1. The van der Waals surface area contributed by atoms with Crippen LogP contribution in [0.2, 0.25) is 0 Å². The predicted molar refractivity (Wildman–Crippen MR) is 64.2 cm³/mol. The molecule has 0 amide bonds. The van der Waals surface area contributed by atoms with Gasteiger partial charge in [-0.3, -0.25) is 11.3 Å². The van der Waals surface area contributed by atoms with Gasteiger partial charge in [0.05, 0.1) is 5.56 Å². The van der Waals surface area contributed by atoms with Crippen LogP contribution in [0, 0.1) is 12.3 Å². The van der Waals surface area contributed by atoms with Gasteiger partial charge in [0.25, 0.3) is 0 Å². The molecular formula is C13H15F3N2. The Bertz CT molecular complexity index is 421. The first-order valence-corrected chi connectivity index (χ1v) is 5.55. The van der Waals surface area contributed by atoms with E-state index in [-0.39, 0.29) is 6.04 Å². The van der Waals surface area contributed by atoms with E-state index in [1.807, 2.05) is 0 Å². The molecule has 1 rings (SSSR count). The predicted octanol–water partition coefficient (Wildman–Crippen LogP) is 3.01. The molecule has 3 N–H and O–H groups in total. The zero-order chi connectivity index (χ0) is 13.6. The van der Waals surface area contributed by atoms with Gasteiger partial charge in [0, 0.05) is 12.5 Å². The monoisotopic (exact) mass is 256 g/mol. The number of rotatable bonds is 5. The minimum atomic E-state index is -4.34. The third-order valence-electron chi connectivity index (χ3n) is 2.63. The van der Waals surface area contributed by atoms with Crippen molar-refractivity contribution in [2.75, 3.05) is 0 Å². The molecule has 0 aliphatic rings. The van der Waals surface area contributed by atoms with Crippen molar-refractivity contribution in [2.24, 2.45) is 5.84 Å². The zero-order valence-corrected chi connectivity index (χ0v) is 9.80. The van der Waals surface area contributed by atoms with Crippen LogP contribution in [0.5, 0.6) is 0 Å². The van der Waals surface area contributed by atoms with Crippen molar-refractivity contribution >= 4 is 0 Å². The van der Waals surface area contributed by atoms with Gasteiger partial charge in [0.1, 0.15) is 0 Å². The van der Waals surface area contributed by atoms with Crippen molar-refractivity contribution in [3.05, 3.63) is 35.4 Å². The highest BCUT2D eigenvalue weighted by molar-refractivity contribution is 5.27. The van der Waals surface area contributed by atoms with E-state index in [0.29, 0.717) is 24.8 Å². The van der Waals surface area contributed by atoms with Crippen molar-refractivity contribution < 1.29 is 13.2 Å². The number of hydrazine groups is 1. The molecular weight excluding hydrogens is 241 g/mol. The van der Waals surface area contributed by atoms with Gasteiger partial charge in [-0.15, -0.1) is 12.3 Å². The fraction of sp³-hybridized carbons (Fsp3) is 0.385. The van der Waals surface area contributed by atoms with Crippen molar-refractivity contribution in [1.82, 2.24) is 5.43 Å². The first-order chi connectivity index (χ1) is 8.49. The Labute approximate surface area is 104 Å². The summed E-state index contributed by atoms with van der Waals surface area (Å²) in [7, 11) is 0. The normalized spacial score (nSPS) is 13.1. The third kappa shape index (κ3) is 4.06. The molecule has 0 fully saturated rings. The second-order valence-corrected chi connectivity index (χ2v) is 3.94. The Kier molecular flexibility index (Phi) is 5.20. The van der Waals surface area contributed by atoms with Gasteiger partial charge in [0.15, 0.2) is 0 Å². The number of nitrogens with one attached hydrogen (secondary N) is 1. The Morgan fingerprint density at radius 1 is 1.39 bits per heavy atom. The van der Waals surface area contributed by atoms with Gasteiger partial charge < -0.3 is 0 Å². The maximum atomic E-state index is 12.6. The summed E-state index contributed by atoms with van der Waals surface area (Å²) in [6.07, 6.45) is 2.68. The second-order valence-electron chi connectivity index (χ2n) is 3.94. The van der Waals surface area contributed by atoms with E-state index in [0.717, 1.165) is 12.1 Å². The summed E-state index contributed by atoms with van der Waals surface area (Å²) >= 11 is 0. The lowest BCUT2D eigenvalue weighted by Crippen LogP contribution is -2.28. The number of unbranched alkanes of at least 4 members (excludes halogenated alkanes) is 1. The van der Waals surface area contributed by atoms with Gasteiger partial charge in [0.2, 0.25) is 0 Å². The van der Waals surface area contributed by atoms with Crippen LogP contribution in [0.15, 0.2) is 24.3 Å². The Morgan fingerprint density at radius 3 is 2.67 bits per heavy atom. The summed E-state index contributed by atoms with van der Waals surface area (Å²) in [4.78, 5) is 0. The lowest BCUT2D eigenvalue weighted by molar-refractivity contribution is -0.137. The lowest BCUT2D eigenvalue weighted by Gasteiger charge is -2.17. The minimum Gasteiger partial charge on any atom is -0.271 e. The van der Waals surface area contributed by atoms with Crippen molar-refractivity contribution in [3.63, 3.8) is 0 Å². The number of benzene rings is 1. The highest BCUT2D eigenvalue weighted by atomic mass is 19.4. The third-order valence-corrected chi connectivity index (χ3v) is 2.63. The fourth-order valence-electron chi connectivity index (χ4n) is 1.69. The molecule has 2 nitrogen and oxygen atoms in total. The van der Waals surface area contributed by atoms with Crippen LogP contribution < -0.4 is 11.3 Å². The van der Waals surface area contributed by atoms with Crippen LogP contribution in [0.4, 0.5) is 13.2 Å². The topological polar surface area (TPSA) is 38.0 Å². The summed E-state index contributed by atoms with van der Waals surface area (Å²) in [6, 6.07) is 4.83. The van der Waals surface area contributed by atoms with Crippen molar-refractivity contribution in [3.8, 4) is 12.3 Å². The van der Waals surface area contributed by atoms with Crippen LogP contribution in [0.1, 0.15) is 36.4 Å². The molecule has 0 radical (unpaired) electrons. The lowest BCUT2D eigenvalue weighted by atomic mass is 9.99. The molecule has 1 unspecified atom stereocenters. The van der Waals surface area contributed by atoms with E-state index in [2.05, 4.69) is 11.3 Å². The van der Waals surface area contributed by atoms with Gasteiger partial charge in [-0.05, 0) is 30.5 Å². The van der Waals surface area contributed by atoms with E-state index in [1.165, 1.54) is 6.07 Å². The molecule has 1 atom stereocenters. The van der Waals surface area contributed by atoms with E-state index in [9.17, 15) is 13.2 Å². The molecule has 0 spiro atoms. The number of terminal acetylenes is 1. The van der Waals surface area contributed by atoms with Crippen molar-refractivity contribution in [2.45, 2.75) is 31.5 Å². The molecule has 0 saturated heterocycles. The quantitative estimate of drug-likeness (QED) is 0.368. The van der Waals surface area contributed by atoms with Crippen LogP contribution in [0.3, 0.4) is 0 Å². The molecule has 98 valence electrons. The first kappa shape index (κ1) is 14.6. The molecule has 5 heteroatoms. The first-order valence-electron chi connectivity index (χ1n) is 5.55. The number of alkyl halides is 3. The molecule has 0 heterocycles. The van der Waals surface area contributed by atoms with Crippen LogP contribution >= 0.6 is 0 Å². The number of halogens is 3. The number of nitrogens with two attached hydrogens (primary N) is 1. The van der Waals surface area contributed by atoms with Crippen LogP contribution in [-0.2, 0) is 6.18 Å². The average molecular weight is 256 g/mol. The van der Waals surface area contributed by atoms with Crippen molar-refractivity contribution in [1.29, 1.82) is 0 Å². The maximum Gasteiger partial charge on any atom is 0.416 e. The Balaban J connectivity index is 2.83. The summed E-state index contributed by atoms with van der Waals surface area (Å²) in [6.45, 7) is 0. The molecule has 0 aliphatic carbocycles. The Morgan fingerprint density at radius 2 is 2.11 bits per heavy atom. The van der Waals surface area contributed by atoms with E-state index >= 15 is 0 Å². The maximum absolute atomic E-state index is 12.6. The van der Waals surface area contributed by atoms with E-state index in [4.69, 9.17) is 12.3 Å². The summed E-state index contributed by atoms with van der Waals surface area (Å²) in [5.41, 5.74) is 2.37.